The van der Waals surface area contributed by atoms with E-state index in [4.69, 9.17) is 20.3 Å². The number of rotatable bonds is 6. The average molecular weight is 344 g/mol. The first-order chi connectivity index (χ1) is 9.39. The summed E-state index contributed by atoms with van der Waals surface area (Å²) >= 11 is 3.43. The van der Waals surface area contributed by atoms with Crippen molar-refractivity contribution in [2.24, 2.45) is 11.1 Å². The lowest BCUT2D eigenvalue weighted by atomic mass is 9.90. The smallest absolute Gasteiger partial charge is 0.305 e. The summed E-state index contributed by atoms with van der Waals surface area (Å²) in [6.07, 6.45) is -0.0952. The van der Waals surface area contributed by atoms with Crippen molar-refractivity contribution in [2.75, 3.05) is 19.8 Å². The molecule has 0 amide bonds. The minimum atomic E-state index is -0.910. The molecule has 1 atom stereocenters. The minimum absolute atomic E-state index is 0.0812. The van der Waals surface area contributed by atoms with E-state index in [1.165, 1.54) is 0 Å². The average Bonchev–Trinajstić information content (AvgIpc) is 2.34. The maximum atomic E-state index is 10.7. The van der Waals surface area contributed by atoms with Gasteiger partial charge in [0.25, 0.3) is 0 Å². The number of nitrogens with two attached hydrogens (primary N) is 1. The summed E-state index contributed by atoms with van der Waals surface area (Å²) in [7, 11) is 0. The van der Waals surface area contributed by atoms with Crippen LogP contribution in [-0.4, -0.2) is 30.9 Å². The summed E-state index contributed by atoms with van der Waals surface area (Å²) in [5, 5.41) is 8.75. The molecule has 1 aromatic rings. The Morgan fingerprint density at radius 3 is 2.80 bits per heavy atom. The third kappa shape index (κ3) is 3.71. The van der Waals surface area contributed by atoms with E-state index in [1.54, 1.807) is 6.07 Å². The van der Waals surface area contributed by atoms with Crippen LogP contribution in [0, 0.1) is 5.41 Å². The van der Waals surface area contributed by atoms with Crippen molar-refractivity contribution in [1.82, 2.24) is 0 Å². The van der Waals surface area contributed by atoms with Gasteiger partial charge in [0.1, 0.15) is 5.75 Å². The summed E-state index contributed by atoms with van der Waals surface area (Å²) in [5.74, 6) is -0.184. The number of carbonyl (C=O) groups is 1. The van der Waals surface area contributed by atoms with E-state index in [1.807, 2.05) is 12.1 Å². The fraction of sp³-hybridized carbons (Fsp3) is 0.500. The van der Waals surface area contributed by atoms with E-state index in [0.29, 0.717) is 19.8 Å². The number of carboxylic acids is 1. The number of hydrogen-bond donors (Lipinski definition) is 2. The fourth-order valence-corrected chi connectivity index (χ4v) is 2.47. The molecule has 0 aliphatic carbocycles. The van der Waals surface area contributed by atoms with Gasteiger partial charge in [-0.2, -0.15) is 0 Å². The van der Waals surface area contributed by atoms with Crippen LogP contribution in [0.4, 0.5) is 0 Å². The first-order valence-corrected chi connectivity index (χ1v) is 7.16. The molecule has 1 aliphatic rings. The summed E-state index contributed by atoms with van der Waals surface area (Å²) in [6, 6.07) is 4.90. The maximum absolute atomic E-state index is 10.7. The highest BCUT2D eigenvalue weighted by Crippen LogP contribution is 2.32. The lowest BCUT2D eigenvalue weighted by molar-refractivity contribution is -0.137. The Bertz CT molecular complexity index is 502. The van der Waals surface area contributed by atoms with Gasteiger partial charge in [-0.3, -0.25) is 4.79 Å². The molecule has 3 N–H and O–H groups in total. The highest BCUT2D eigenvalue weighted by atomic mass is 79.9. The van der Waals surface area contributed by atoms with Gasteiger partial charge in [-0.1, -0.05) is 13.0 Å². The van der Waals surface area contributed by atoms with Crippen molar-refractivity contribution in [3.05, 3.63) is 28.2 Å². The molecule has 20 heavy (non-hydrogen) atoms. The number of aliphatic carboxylic acids is 1. The number of benzene rings is 1. The summed E-state index contributed by atoms with van der Waals surface area (Å²) in [5.41, 5.74) is 6.68. The zero-order valence-electron chi connectivity index (χ0n) is 11.3. The van der Waals surface area contributed by atoms with E-state index in [0.717, 1.165) is 15.8 Å². The molecule has 0 saturated carbocycles. The van der Waals surface area contributed by atoms with Crippen LogP contribution in [0.15, 0.2) is 22.7 Å². The van der Waals surface area contributed by atoms with Gasteiger partial charge in [0.2, 0.25) is 0 Å². The Balaban J connectivity index is 2.00. The van der Waals surface area contributed by atoms with Gasteiger partial charge >= 0.3 is 5.97 Å². The highest BCUT2D eigenvalue weighted by molar-refractivity contribution is 9.10. The minimum Gasteiger partial charge on any atom is -0.492 e. The number of ether oxygens (including phenoxy) is 2. The van der Waals surface area contributed by atoms with E-state index in [9.17, 15) is 4.79 Å². The normalized spacial score (nSPS) is 18.1. The Morgan fingerprint density at radius 2 is 2.30 bits per heavy atom. The summed E-state index contributed by atoms with van der Waals surface area (Å²) < 4.78 is 11.7. The topological polar surface area (TPSA) is 81.8 Å². The van der Waals surface area contributed by atoms with Gasteiger partial charge in [0, 0.05) is 11.5 Å². The monoisotopic (exact) mass is 343 g/mol. The molecule has 0 bridgehead atoms. The quantitative estimate of drug-likeness (QED) is 0.828. The molecule has 1 fully saturated rings. The zero-order chi connectivity index (χ0) is 14.8. The van der Waals surface area contributed by atoms with E-state index >= 15 is 0 Å². The highest BCUT2D eigenvalue weighted by Gasteiger charge is 2.34. The van der Waals surface area contributed by atoms with Crippen molar-refractivity contribution in [3.8, 4) is 5.75 Å². The molecule has 1 heterocycles. The molecular formula is C14H18BrNO4. The summed E-state index contributed by atoms with van der Waals surface area (Å²) in [4.78, 5) is 10.7. The molecule has 2 rings (SSSR count). The van der Waals surface area contributed by atoms with Crippen molar-refractivity contribution in [2.45, 2.75) is 19.4 Å². The lowest BCUT2D eigenvalue weighted by Crippen LogP contribution is -2.44. The van der Waals surface area contributed by atoms with Crippen LogP contribution in [0.25, 0.3) is 0 Å². The second-order valence-electron chi connectivity index (χ2n) is 5.49. The molecule has 0 aromatic heterocycles. The third-order valence-electron chi connectivity index (χ3n) is 3.26. The molecule has 0 spiro atoms. The van der Waals surface area contributed by atoms with Crippen LogP contribution in [-0.2, 0) is 9.53 Å². The molecule has 1 aliphatic heterocycles. The van der Waals surface area contributed by atoms with Gasteiger partial charge in [0.05, 0.1) is 30.7 Å². The standard InChI is InChI=1S/C14H18BrNO4/c1-14(6-19-7-14)8-20-12-3-2-9(4-10(12)15)11(16)5-13(17)18/h2-4,11H,5-8,16H2,1H3,(H,17,18). The molecule has 1 unspecified atom stereocenters. The lowest BCUT2D eigenvalue weighted by Gasteiger charge is -2.37. The van der Waals surface area contributed by atoms with Crippen LogP contribution < -0.4 is 10.5 Å². The fourth-order valence-electron chi connectivity index (χ4n) is 1.96. The number of halogens is 1. The predicted molar refractivity (Wildman–Crippen MR) is 77.7 cm³/mol. The Hall–Kier alpha value is -1.11. The summed E-state index contributed by atoms with van der Waals surface area (Å²) in [6.45, 7) is 4.13. The van der Waals surface area contributed by atoms with Crippen LogP contribution in [0.3, 0.4) is 0 Å². The largest absolute Gasteiger partial charge is 0.492 e. The van der Waals surface area contributed by atoms with Crippen LogP contribution in [0.2, 0.25) is 0 Å². The van der Waals surface area contributed by atoms with Gasteiger partial charge < -0.3 is 20.3 Å². The van der Waals surface area contributed by atoms with Crippen molar-refractivity contribution < 1.29 is 19.4 Å². The molecule has 1 aromatic carbocycles. The molecule has 110 valence electrons. The number of hydrogen-bond acceptors (Lipinski definition) is 4. The zero-order valence-corrected chi connectivity index (χ0v) is 12.9. The first kappa shape index (κ1) is 15.3. The second-order valence-corrected chi connectivity index (χ2v) is 6.34. The molecule has 6 heteroatoms. The van der Waals surface area contributed by atoms with Gasteiger partial charge in [-0.15, -0.1) is 0 Å². The van der Waals surface area contributed by atoms with Crippen molar-refractivity contribution in [1.29, 1.82) is 0 Å². The van der Waals surface area contributed by atoms with Crippen molar-refractivity contribution >= 4 is 21.9 Å². The molecule has 0 radical (unpaired) electrons. The van der Waals surface area contributed by atoms with E-state index < -0.39 is 12.0 Å². The maximum Gasteiger partial charge on any atom is 0.305 e. The predicted octanol–water partition coefficient (Wildman–Crippen LogP) is 2.34. The van der Waals surface area contributed by atoms with Crippen LogP contribution in [0.5, 0.6) is 5.75 Å². The second kappa shape index (κ2) is 6.11. The molecular weight excluding hydrogens is 326 g/mol. The molecule has 5 nitrogen and oxygen atoms in total. The third-order valence-corrected chi connectivity index (χ3v) is 3.88. The van der Waals surface area contributed by atoms with Gasteiger partial charge in [-0.25, -0.2) is 0 Å². The van der Waals surface area contributed by atoms with Crippen molar-refractivity contribution in [3.63, 3.8) is 0 Å². The van der Waals surface area contributed by atoms with Crippen LogP contribution >= 0.6 is 15.9 Å². The van der Waals surface area contributed by atoms with Gasteiger partial charge in [-0.05, 0) is 33.6 Å². The molecule has 1 saturated heterocycles. The van der Waals surface area contributed by atoms with Gasteiger partial charge in [0.15, 0.2) is 0 Å². The SMILES string of the molecule is CC1(COc2ccc(C(N)CC(=O)O)cc2Br)COC1. The Kier molecular flexibility index (Phi) is 4.67. The Morgan fingerprint density at radius 1 is 1.60 bits per heavy atom. The van der Waals surface area contributed by atoms with E-state index in [-0.39, 0.29) is 11.8 Å². The van der Waals surface area contributed by atoms with Crippen LogP contribution in [0.1, 0.15) is 24.9 Å². The number of carboxylic acid groups (broad SMARTS) is 1. The van der Waals surface area contributed by atoms with E-state index in [2.05, 4.69) is 22.9 Å². The Labute approximate surface area is 126 Å². The first-order valence-electron chi connectivity index (χ1n) is 6.37.